The summed E-state index contributed by atoms with van der Waals surface area (Å²) < 4.78 is 15.5. The molecule has 1 atom stereocenters. The highest BCUT2D eigenvalue weighted by atomic mass is 16.6. The third kappa shape index (κ3) is 3.96. The summed E-state index contributed by atoms with van der Waals surface area (Å²) in [6.45, 7) is 2.01. The Morgan fingerprint density at radius 3 is 2.53 bits per heavy atom. The highest BCUT2D eigenvalue weighted by Gasteiger charge is 2.18. The van der Waals surface area contributed by atoms with Crippen LogP contribution in [0.1, 0.15) is 6.92 Å². The predicted octanol–water partition coefficient (Wildman–Crippen LogP) is 1.56. The summed E-state index contributed by atoms with van der Waals surface area (Å²) in [5, 5.41) is 8.87. The summed E-state index contributed by atoms with van der Waals surface area (Å²) in [5.74, 6) is 0.0239. The van der Waals surface area contributed by atoms with Gasteiger partial charge in [0.15, 0.2) is 17.6 Å². The third-order valence-electron chi connectivity index (χ3n) is 2.10. The molecule has 1 rings (SSSR count). The van der Waals surface area contributed by atoms with Crippen molar-refractivity contribution < 1.29 is 24.1 Å². The lowest BCUT2D eigenvalue weighted by Gasteiger charge is -2.15. The monoisotopic (exact) mass is 240 g/mol. The Hall–Kier alpha value is -1.75. The van der Waals surface area contributed by atoms with Crippen molar-refractivity contribution in [1.82, 2.24) is 0 Å². The number of aliphatic carboxylic acids is 1. The molecule has 5 heteroatoms. The maximum Gasteiger partial charge on any atom is 0.336 e. The normalized spacial score (nSPS) is 11.9. The zero-order valence-electron chi connectivity index (χ0n) is 9.88. The van der Waals surface area contributed by atoms with E-state index in [0.717, 1.165) is 0 Å². The molecule has 0 fully saturated rings. The van der Waals surface area contributed by atoms with Gasteiger partial charge in [-0.1, -0.05) is 12.1 Å². The summed E-state index contributed by atoms with van der Waals surface area (Å²) in [5.41, 5.74) is 0. The van der Waals surface area contributed by atoms with Crippen LogP contribution in [-0.2, 0) is 9.53 Å². The summed E-state index contributed by atoms with van der Waals surface area (Å²) in [7, 11) is 1.53. The summed E-state index contributed by atoms with van der Waals surface area (Å²) >= 11 is 0. The molecule has 17 heavy (non-hydrogen) atoms. The fourth-order valence-electron chi connectivity index (χ4n) is 1.30. The van der Waals surface area contributed by atoms with Gasteiger partial charge in [0.2, 0.25) is 0 Å². The first-order valence-corrected chi connectivity index (χ1v) is 5.29. The quantitative estimate of drug-likeness (QED) is 0.783. The fraction of sp³-hybridized carbons (Fsp3) is 0.417. The van der Waals surface area contributed by atoms with Crippen LogP contribution in [-0.4, -0.2) is 37.5 Å². The average Bonchev–Trinajstić information content (AvgIpc) is 2.34. The SMILES string of the molecule is CCOC(COc1ccccc1OC)C(=O)O. The topological polar surface area (TPSA) is 65.0 Å². The maximum absolute atomic E-state index is 10.8. The Balaban J connectivity index is 2.61. The Morgan fingerprint density at radius 2 is 2.00 bits per heavy atom. The van der Waals surface area contributed by atoms with E-state index in [2.05, 4.69) is 0 Å². The molecule has 0 bridgehead atoms. The van der Waals surface area contributed by atoms with Gasteiger partial charge in [0.25, 0.3) is 0 Å². The van der Waals surface area contributed by atoms with Crippen LogP contribution in [0.15, 0.2) is 24.3 Å². The number of hydrogen-bond donors (Lipinski definition) is 1. The first kappa shape index (κ1) is 13.3. The molecule has 94 valence electrons. The van der Waals surface area contributed by atoms with Gasteiger partial charge in [0, 0.05) is 6.61 Å². The average molecular weight is 240 g/mol. The lowest BCUT2D eigenvalue weighted by molar-refractivity contribution is -0.152. The second-order valence-corrected chi connectivity index (χ2v) is 3.24. The molecule has 0 amide bonds. The van der Waals surface area contributed by atoms with E-state index in [1.54, 1.807) is 25.1 Å². The minimum absolute atomic E-state index is 0.0520. The van der Waals surface area contributed by atoms with E-state index >= 15 is 0 Å². The minimum Gasteiger partial charge on any atom is -0.493 e. The van der Waals surface area contributed by atoms with Crippen LogP contribution in [0.5, 0.6) is 11.5 Å². The van der Waals surface area contributed by atoms with E-state index in [1.165, 1.54) is 7.11 Å². The molecule has 0 saturated heterocycles. The van der Waals surface area contributed by atoms with Crippen molar-refractivity contribution in [3.05, 3.63) is 24.3 Å². The van der Waals surface area contributed by atoms with Gasteiger partial charge in [0.05, 0.1) is 7.11 Å². The highest BCUT2D eigenvalue weighted by molar-refractivity contribution is 5.72. The molecule has 0 radical (unpaired) electrons. The first-order valence-electron chi connectivity index (χ1n) is 5.29. The molecule has 1 N–H and O–H groups in total. The highest BCUT2D eigenvalue weighted by Crippen LogP contribution is 2.25. The van der Waals surface area contributed by atoms with Crippen LogP contribution in [0, 0.1) is 0 Å². The van der Waals surface area contributed by atoms with Crippen molar-refractivity contribution in [2.75, 3.05) is 20.3 Å². The first-order chi connectivity index (χ1) is 8.19. The number of ether oxygens (including phenoxy) is 3. The molecule has 0 aliphatic rings. The van der Waals surface area contributed by atoms with Crippen molar-refractivity contribution >= 4 is 5.97 Å². The van der Waals surface area contributed by atoms with Gasteiger partial charge in [-0.25, -0.2) is 4.79 Å². The van der Waals surface area contributed by atoms with Crippen LogP contribution in [0.3, 0.4) is 0 Å². The summed E-state index contributed by atoms with van der Waals surface area (Å²) in [6.07, 6.45) is -0.968. The number of rotatable bonds is 7. The zero-order chi connectivity index (χ0) is 12.7. The molecule has 0 aromatic heterocycles. The zero-order valence-corrected chi connectivity index (χ0v) is 9.88. The van der Waals surface area contributed by atoms with E-state index < -0.39 is 12.1 Å². The van der Waals surface area contributed by atoms with E-state index in [-0.39, 0.29) is 6.61 Å². The molecule has 1 aromatic carbocycles. The number of hydrogen-bond acceptors (Lipinski definition) is 4. The number of benzene rings is 1. The maximum atomic E-state index is 10.8. The largest absolute Gasteiger partial charge is 0.493 e. The number of carboxylic acid groups (broad SMARTS) is 1. The molecule has 0 spiro atoms. The lowest BCUT2D eigenvalue weighted by atomic mass is 10.3. The van der Waals surface area contributed by atoms with Crippen LogP contribution in [0.2, 0.25) is 0 Å². The Morgan fingerprint density at radius 1 is 1.35 bits per heavy atom. The van der Waals surface area contributed by atoms with Crippen molar-refractivity contribution in [3.8, 4) is 11.5 Å². The Labute approximate surface area is 99.9 Å². The van der Waals surface area contributed by atoms with Gasteiger partial charge >= 0.3 is 5.97 Å². The van der Waals surface area contributed by atoms with Gasteiger partial charge in [-0.05, 0) is 19.1 Å². The van der Waals surface area contributed by atoms with Crippen molar-refractivity contribution in [3.63, 3.8) is 0 Å². The predicted molar refractivity (Wildman–Crippen MR) is 61.5 cm³/mol. The molecule has 1 aromatic rings. The van der Waals surface area contributed by atoms with Crippen LogP contribution < -0.4 is 9.47 Å². The molecule has 0 heterocycles. The summed E-state index contributed by atoms with van der Waals surface area (Å²) in [4.78, 5) is 10.8. The molecule has 5 nitrogen and oxygen atoms in total. The third-order valence-corrected chi connectivity index (χ3v) is 2.10. The number of carboxylic acids is 1. The molecule has 0 aliphatic carbocycles. The van der Waals surface area contributed by atoms with Gasteiger partial charge in [-0.2, -0.15) is 0 Å². The Bertz CT molecular complexity index is 364. The Kier molecular flexibility index (Phi) is 5.29. The van der Waals surface area contributed by atoms with E-state index in [9.17, 15) is 4.79 Å². The second kappa shape index (κ2) is 6.75. The standard InChI is InChI=1S/C12H16O5/c1-3-16-11(12(13)14)8-17-10-7-5-4-6-9(10)15-2/h4-7,11H,3,8H2,1-2H3,(H,13,14). The van der Waals surface area contributed by atoms with Gasteiger partial charge in [-0.3, -0.25) is 0 Å². The molecule has 0 saturated carbocycles. The molecule has 1 unspecified atom stereocenters. The van der Waals surface area contributed by atoms with Gasteiger partial charge in [-0.15, -0.1) is 0 Å². The number of carbonyl (C=O) groups is 1. The lowest BCUT2D eigenvalue weighted by Crippen LogP contribution is -2.30. The number of para-hydroxylation sites is 2. The van der Waals surface area contributed by atoms with Crippen LogP contribution in [0.4, 0.5) is 0 Å². The van der Waals surface area contributed by atoms with Crippen LogP contribution in [0.25, 0.3) is 0 Å². The van der Waals surface area contributed by atoms with E-state index in [4.69, 9.17) is 19.3 Å². The molecule has 0 aliphatic heterocycles. The smallest absolute Gasteiger partial charge is 0.336 e. The van der Waals surface area contributed by atoms with E-state index in [1.807, 2.05) is 6.07 Å². The van der Waals surface area contributed by atoms with E-state index in [0.29, 0.717) is 18.1 Å². The van der Waals surface area contributed by atoms with Gasteiger partial charge < -0.3 is 19.3 Å². The van der Waals surface area contributed by atoms with Crippen molar-refractivity contribution in [2.45, 2.75) is 13.0 Å². The minimum atomic E-state index is -1.04. The van der Waals surface area contributed by atoms with Crippen molar-refractivity contribution in [2.24, 2.45) is 0 Å². The number of methoxy groups -OCH3 is 1. The fourth-order valence-corrected chi connectivity index (χ4v) is 1.30. The van der Waals surface area contributed by atoms with Crippen LogP contribution >= 0.6 is 0 Å². The molecular formula is C12H16O5. The van der Waals surface area contributed by atoms with Crippen molar-refractivity contribution in [1.29, 1.82) is 0 Å². The van der Waals surface area contributed by atoms with Gasteiger partial charge in [0.1, 0.15) is 6.61 Å². The second-order valence-electron chi connectivity index (χ2n) is 3.24. The molecular weight excluding hydrogens is 224 g/mol. The summed E-state index contributed by atoms with van der Waals surface area (Å²) in [6, 6.07) is 7.05.